The lowest BCUT2D eigenvalue weighted by molar-refractivity contribution is -0.955. The van der Waals surface area contributed by atoms with E-state index in [0.29, 0.717) is 36.0 Å². The third-order valence-corrected chi connectivity index (χ3v) is 7.55. The third kappa shape index (κ3) is 4.80. The summed E-state index contributed by atoms with van der Waals surface area (Å²) in [5, 5.41) is 2.92. The van der Waals surface area contributed by atoms with Crippen molar-refractivity contribution in [2.75, 3.05) is 32.1 Å². The number of rotatable bonds is 8. The second kappa shape index (κ2) is 10.2. The van der Waals surface area contributed by atoms with E-state index in [0.717, 1.165) is 30.9 Å². The highest BCUT2D eigenvalue weighted by atomic mass is 19.1. The molecule has 0 unspecified atom stereocenters. The predicted molar refractivity (Wildman–Crippen MR) is 128 cm³/mol. The number of quaternary nitrogens is 1. The molecule has 0 aromatic heterocycles. The molecule has 0 atom stereocenters. The van der Waals surface area contributed by atoms with Crippen molar-refractivity contribution < 1.29 is 32.7 Å². The molecule has 186 valence electrons. The van der Waals surface area contributed by atoms with E-state index in [-0.39, 0.29) is 36.3 Å². The maximum absolute atomic E-state index is 14.0. The van der Waals surface area contributed by atoms with Gasteiger partial charge in [-0.15, -0.1) is 0 Å². The topological polar surface area (TPSA) is 81.7 Å². The number of amides is 1. The van der Waals surface area contributed by atoms with Crippen molar-refractivity contribution in [3.63, 3.8) is 0 Å². The third-order valence-electron chi connectivity index (χ3n) is 7.55. The number of halogens is 1. The smallest absolute Gasteiger partial charge is 0.362 e. The van der Waals surface area contributed by atoms with Crippen LogP contribution in [0.15, 0.2) is 42.5 Å². The number of esters is 2. The highest BCUT2D eigenvalue weighted by Crippen LogP contribution is 2.47. The first-order valence-corrected chi connectivity index (χ1v) is 12.1. The van der Waals surface area contributed by atoms with E-state index in [2.05, 4.69) is 5.32 Å². The lowest BCUT2D eigenvalue weighted by atomic mass is 9.72. The summed E-state index contributed by atoms with van der Waals surface area (Å²) in [7, 11) is 1.22. The fourth-order valence-corrected chi connectivity index (χ4v) is 5.55. The standard InChI is InChI=1S/C27H31FN2O5/c1-19-15-21(28)16-22(25(32)34-2)24(19)29-26(33)27(11-8-12-27)30(13-6-7-14-30)17-23(31)35-18-20-9-4-3-5-10-20/h3-5,9-10,15-16H,6-8,11-14,17-18H2,1-2H3/p+1. The second-order valence-electron chi connectivity index (χ2n) is 9.58. The Morgan fingerprint density at radius 3 is 2.34 bits per heavy atom. The van der Waals surface area contributed by atoms with E-state index in [1.807, 2.05) is 30.3 Å². The number of nitrogens with one attached hydrogen (secondary N) is 1. The number of ether oxygens (including phenoxy) is 2. The molecular weight excluding hydrogens is 451 g/mol. The van der Waals surface area contributed by atoms with Crippen LogP contribution in [0.5, 0.6) is 0 Å². The van der Waals surface area contributed by atoms with Gasteiger partial charge in [0.15, 0.2) is 12.1 Å². The normalized spacial score (nSPS) is 17.8. The quantitative estimate of drug-likeness (QED) is 0.451. The summed E-state index contributed by atoms with van der Waals surface area (Å²) < 4.78 is 24.8. The number of hydrogen-bond donors (Lipinski definition) is 1. The van der Waals surface area contributed by atoms with Crippen molar-refractivity contribution in [2.24, 2.45) is 0 Å². The van der Waals surface area contributed by atoms with Gasteiger partial charge < -0.3 is 19.3 Å². The Balaban J connectivity index is 1.57. The van der Waals surface area contributed by atoms with Gasteiger partial charge in [0.05, 0.1) is 31.5 Å². The Kier molecular flexibility index (Phi) is 7.21. The van der Waals surface area contributed by atoms with E-state index in [9.17, 15) is 18.8 Å². The molecule has 2 aromatic rings. The Morgan fingerprint density at radius 1 is 1.06 bits per heavy atom. The fourth-order valence-electron chi connectivity index (χ4n) is 5.55. The Bertz CT molecular complexity index is 1110. The van der Waals surface area contributed by atoms with Crippen LogP contribution in [0.3, 0.4) is 0 Å². The molecule has 0 spiro atoms. The zero-order valence-corrected chi connectivity index (χ0v) is 20.3. The first-order valence-electron chi connectivity index (χ1n) is 12.1. The zero-order chi connectivity index (χ0) is 25.1. The number of nitrogens with zero attached hydrogens (tertiary/aromatic N) is 1. The molecule has 7 nitrogen and oxygen atoms in total. The molecule has 1 aliphatic heterocycles. The number of methoxy groups -OCH3 is 1. The van der Waals surface area contributed by atoms with Gasteiger partial charge in [-0.2, -0.15) is 0 Å². The molecule has 1 amide bonds. The molecule has 2 aliphatic rings. The number of hydrogen-bond acceptors (Lipinski definition) is 5. The molecule has 2 aromatic carbocycles. The van der Waals surface area contributed by atoms with Crippen LogP contribution in [-0.4, -0.2) is 54.6 Å². The lowest BCUT2D eigenvalue weighted by Gasteiger charge is -2.54. The number of anilines is 1. The minimum Gasteiger partial charge on any atom is -0.465 e. The molecule has 1 saturated carbocycles. The lowest BCUT2D eigenvalue weighted by Crippen LogP contribution is -2.72. The van der Waals surface area contributed by atoms with E-state index < -0.39 is 17.3 Å². The molecule has 35 heavy (non-hydrogen) atoms. The zero-order valence-electron chi connectivity index (χ0n) is 20.3. The molecule has 1 heterocycles. The number of aryl methyl sites for hydroxylation is 1. The van der Waals surface area contributed by atoms with Crippen LogP contribution in [0.25, 0.3) is 0 Å². The summed E-state index contributed by atoms with van der Waals surface area (Å²) in [4.78, 5) is 39.1. The van der Waals surface area contributed by atoms with Gasteiger partial charge >= 0.3 is 11.9 Å². The van der Waals surface area contributed by atoms with Gasteiger partial charge in [0, 0.05) is 25.7 Å². The van der Waals surface area contributed by atoms with Crippen molar-refractivity contribution in [1.82, 2.24) is 0 Å². The average molecular weight is 484 g/mol. The molecule has 1 aliphatic carbocycles. The average Bonchev–Trinajstić information content (AvgIpc) is 3.27. The van der Waals surface area contributed by atoms with Crippen LogP contribution in [0.2, 0.25) is 0 Å². The van der Waals surface area contributed by atoms with Gasteiger partial charge in [0.1, 0.15) is 12.4 Å². The van der Waals surface area contributed by atoms with Crippen molar-refractivity contribution in [1.29, 1.82) is 0 Å². The number of benzene rings is 2. The van der Waals surface area contributed by atoms with Crippen LogP contribution in [-0.2, 0) is 25.7 Å². The molecule has 2 fully saturated rings. The first-order chi connectivity index (χ1) is 16.8. The minimum atomic E-state index is -0.795. The summed E-state index contributed by atoms with van der Waals surface area (Å²) in [5.41, 5.74) is 0.772. The Hall–Kier alpha value is -3.26. The van der Waals surface area contributed by atoms with Gasteiger partial charge in [0.25, 0.3) is 5.91 Å². The Labute approximate surface area is 204 Å². The van der Waals surface area contributed by atoms with Crippen LogP contribution >= 0.6 is 0 Å². The van der Waals surface area contributed by atoms with Crippen LogP contribution < -0.4 is 5.32 Å². The van der Waals surface area contributed by atoms with Gasteiger partial charge in [-0.3, -0.25) is 4.79 Å². The molecule has 4 rings (SSSR count). The van der Waals surface area contributed by atoms with Gasteiger partial charge in [-0.25, -0.2) is 14.0 Å². The van der Waals surface area contributed by atoms with Crippen molar-refractivity contribution in [3.05, 3.63) is 65.0 Å². The molecule has 0 bridgehead atoms. The van der Waals surface area contributed by atoms with E-state index >= 15 is 0 Å². The minimum absolute atomic E-state index is 0.0249. The van der Waals surface area contributed by atoms with E-state index in [1.54, 1.807) is 6.92 Å². The maximum atomic E-state index is 14.0. The van der Waals surface area contributed by atoms with Gasteiger partial charge in [0.2, 0.25) is 0 Å². The highest BCUT2D eigenvalue weighted by Gasteiger charge is 2.62. The van der Waals surface area contributed by atoms with E-state index in [1.165, 1.54) is 13.2 Å². The summed E-state index contributed by atoms with van der Waals surface area (Å²) in [6.45, 7) is 3.36. The van der Waals surface area contributed by atoms with Crippen molar-refractivity contribution in [3.8, 4) is 0 Å². The number of carbonyl (C=O) groups is 3. The predicted octanol–water partition coefficient (Wildman–Crippen LogP) is 4.14. The van der Waals surface area contributed by atoms with Crippen molar-refractivity contribution >= 4 is 23.5 Å². The van der Waals surface area contributed by atoms with Crippen LogP contribution in [0, 0.1) is 12.7 Å². The number of likely N-dealkylation sites (tertiary alicyclic amines) is 1. The summed E-state index contributed by atoms with van der Waals surface area (Å²) in [6.07, 6.45) is 3.99. The van der Waals surface area contributed by atoms with Crippen LogP contribution in [0.4, 0.5) is 10.1 Å². The molecular formula is C27H32FN2O5+. The fraction of sp³-hybridized carbons (Fsp3) is 0.444. The van der Waals surface area contributed by atoms with E-state index in [4.69, 9.17) is 9.47 Å². The molecule has 8 heteroatoms. The maximum Gasteiger partial charge on any atom is 0.362 e. The number of carbonyl (C=O) groups excluding carboxylic acids is 3. The monoisotopic (exact) mass is 483 g/mol. The van der Waals surface area contributed by atoms with Gasteiger partial charge in [-0.1, -0.05) is 30.3 Å². The molecule has 1 saturated heterocycles. The SMILES string of the molecule is COC(=O)c1cc(F)cc(C)c1NC(=O)C1([N+]2(CC(=O)OCc3ccccc3)CCCC2)CCC1. The largest absolute Gasteiger partial charge is 0.465 e. The molecule has 1 N–H and O–H groups in total. The highest BCUT2D eigenvalue weighted by molar-refractivity contribution is 6.05. The first kappa shape index (κ1) is 24.9. The summed E-state index contributed by atoms with van der Waals surface area (Å²) in [6, 6.07) is 11.8. The second-order valence-corrected chi connectivity index (χ2v) is 9.58. The van der Waals surface area contributed by atoms with Crippen LogP contribution in [0.1, 0.15) is 53.6 Å². The summed E-state index contributed by atoms with van der Waals surface area (Å²) >= 11 is 0. The van der Waals surface area contributed by atoms with Gasteiger partial charge in [-0.05, 0) is 36.6 Å². The molecule has 0 radical (unpaired) electrons. The Morgan fingerprint density at radius 2 is 1.74 bits per heavy atom. The summed E-state index contributed by atoms with van der Waals surface area (Å²) in [5.74, 6) is -1.88. The van der Waals surface area contributed by atoms with Crippen molar-refractivity contribution in [2.45, 2.75) is 51.2 Å².